The van der Waals surface area contributed by atoms with Crippen molar-refractivity contribution < 1.29 is 22.5 Å². The van der Waals surface area contributed by atoms with Gasteiger partial charge in [0.15, 0.2) is 0 Å². The normalized spacial score (nSPS) is 14.9. The predicted octanol–water partition coefficient (Wildman–Crippen LogP) is 13.1. The van der Waals surface area contributed by atoms with Crippen molar-refractivity contribution >= 4 is 24.2 Å². The van der Waals surface area contributed by atoms with Crippen molar-refractivity contribution in [1.82, 2.24) is 4.48 Å². The minimum atomic E-state index is -4.55. The monoisotopic (exact) mass is 762 g/mol. The highest BCUT2D eigenvalue weighted by molar-refractivity contribution is 6.47. The van der Waals surface area contributed by atoms with Crippen LogP contribution in [0.15, 0.2) is 120 Å². The lowest BCUT2D eigenvalue weighted by Crippen LogP contribution is -2.36. The standard InChI is InChI=1S/C49H46BF3N2O2/c1-29-14-16-34(17-15-29)44-39-13-11-10-12-38(39)43(54-44)31(3)45-40(32-18-22-35(23-19-32)47(4,5)6)28-41(33-20-24-36(25-21-33)48(7,8)9)55(45)50-56-42-27-37(49(51,52)53)26-30(2)46(42)57-50/h10-28H,1-9H3/b43-31-. The molecular weight excluding hydrogens is 716 g/mol. The van der Waals surface area contributed by atoms with Crippen molar-refractivity contribution in [2.45, 2.75) is 79.3 Å². The zero-order valence-electron chi connectivity index (χ0n) is 33.9. The number of halogens is 3. The van der Waals surface area contributed by atoms with Crippen molar-refractivity contribution in [3.63, 3.8) is 0 Å². The third-order valence-electron chi connectivity index (χ3n) is 11.1. The number of benzene rings is 5. The van der Waals surface area contributed by atoms with Crippen LogP contribution in [0.2, 0.25) is 0 Å². The second-order valence-corrected chi connectivity index (χ2v) is 17.3. The van der Waals surface area contributed by atoms with Crippen LogP contribution in [0, 0.1) is 13.8 Å². The van der Waals surface area contributed by atoms with Crippen LogP contribution in [0.25, 0.3) is 33.7 Å². The highest BCUT2D eigenvalue weighted by atomic mass is 19.4. The van der Waals surface area contributed by atoms with Gasteiger partial charge in [-0.15, -0.1) is 0 Å². The van der Waals surface area contributed by atoms with Crippen LogP contribution in [0.1, 0.15) is 98.7 Å². The molecule has 8 rings (SSSR count). The van der Waals surface area contributed by atoms with Crippen LogP contribution < -0.4 is 9.31 Å². The van der Waals surface area contributed by atoms with E-state index in [0.29, 0.717) is 5.56 Å². The molecule has 0 aliphatic carbocycles. The molecule has 2 aliphatic rings. The van der Waals surface area contributed by atoms with Crippen LogP contribution in [-0.4, -0.2) is 17.4 Å². The molecule has 3 heterocycles. The molecule has 6 aromatic rings. The maximum atomic E-state index is 14.1. The minimum Gasteiger partial charge on any atom is -0.503 e. The Morgan fingerprint density at radius 3 is 1.75 bits per heavy atom. The number of allylic oxidation sites excluding steroid dienone is 1. The molecule has 0 fully saturated rings. The first-order valence-electron chi connectivity index (χ1n) is 19.4. The van der Waals surface area contributed by atoms with E-state index in [2.05, 4.69) is 146 Å². The lowest BCUT2D eigenvalue weighted by Gasteiger charge is -2.20. The summed E-state index contributed by atoms with van der Waals surface area (Å²) in [6, 6.07) is 38.0. The average molecular weight is 763 g/mol. The molecule has 0 saturated carbocycles. The number of fused-ring (bicyclic) bond motifs is 2. The summed E-state index contributed by atoms with van der Waals surface area (Å²) in [4.78, 5) is 5.37. The smallest absolute Gasteiger partial charge is 0.503 e. The van der Waals surface area contributed by atoms with E-state index in [9.17, 15) is 13.2 Å². The Balaban J connectivity index is 1.41. The van der Waals surface area contributed by atoms with Crippen molar-refractivity contribution in [2.24, 2.45) is 4.99 Å². The maximum Gasteiger partial charge on any atom is 0.743 e. The van der Waals surface area contributed by atoms with Crippen LogP contribution >= 0.6 is 0 Å². The fourth-order valence-electron chi connectivity index (χ4n) is 7.80. The topological polar surface area (TPSA) is 35.8 Å². The van der Waals surface area contributed by atoms with E-state index in [4.69, 9.17) is 14.3 Å². The molecular formula is C49H46BF3N2O2. The largest absolute Gasteiger partial charge is 0.743 e. The Hall–Kier alpha value is -5.76. The predicted molar refractivity (Wildman–Crippen MR) is 227 cm³/mol. The SMILES string of the molecule is C/C(=C1/N=C(c2ccc(C)cc2)c2ccccc21)c1c(-c2ccc(C(C)(C)C)cc2)cc(-c2ccc(C(C)(C)C)cc2)n1B1Oc2cc(C(F)(F)F)cc(C)c2O1. The van der Waals surface area contributed by atoms with Gasteiger partial charge in [-0.1, -0.05) is 144 Å². The zero-order valence-corrected chi connectivity index (χ0v) is 33.9. The molecule has 1 aromatic heterocycles. The van der Waals surface area contributed by atoms with Crippen molar-refractivity contribution in [3.8, 4) is 33.9 Å². The quantitative estimate of drug-likeness (QED) is 0.164. The molecule has 8 heteroatoms. The highest BCUT2D eigenvalue weighted by Crippen LogP contribution is 2.47. The third kappa shape index (κ3) is 7.00. The number of aromatic nitrogens is 1. The first-order valence-corrected chi connectivity index (χ1v) is 19.4. The minimum absolute atomic E-state index is 0.0493. The Morgan fingerprint density at radius 2 is 1.18 bits per heavy atom. The van der Waals surface area contributed by atoms with E-state index in [1.807, 2.05) is 16.6 Å². The number of aryl methyl sites for hydroxylation is 2. The molecule has 0 unspecified atom stereocenters. The number of hydrogen-bond acceptors (Lipinski definition) is 3. The second-order valence-electron chi connectivity index (χ2n) is 17.3. The zero-order chi connectivity index (χ0) is 40.6. The molecule has 288 valence electrons. The molecule has 0 amide bonds. The number of hydrogen-bond donors (Lipinski definition) is 0. The summed E-state index contributed by atoms with van der Waals surface area (Å²) >= 11 is 0. The van der Waals surface area contributed by atoms with Gasteiger partial charge in [-0.2, -0.15) is 13.2 Å². The van der Waals surface area contributed by atoms with E-state index >= 15 is 0 Å². The highest BCUT2D eigenvalue weighted by Gasteiger charge is 2.43. The number of rotatable bonds is 5. The van der Waals surface area contributed by atoms with Crippen molar-refractivity contribution in [2.75, 3.05) is 0 Å². The molecule has 2 aliphatic heterocycles. The molecule has 0 spiro atoms. The lowest BCUT2D eigenvalue weighted by atomic mass is 9.86. The first kappa shape index (κ1) is 38.1. The van der Waals surface area contributed by atoms with E-state index < -0.39 is 19.0 Å². The van der Waals surface area contributed by atoms with Gasteiger partial charge >= 0.3 is 13.4 Å². The van der Waals surface area contributed by atoms with E-state index in [-0.39, 0.29) is 22.3 Å². The molecule has 0 saturated heterocycles. The molecule has 0 radical (unpaired) electrons. The van der Waals surface area contributed by atoms with Crippen LogP contribution in [0.5, 0.6) is 11.5 Å². The molecule has 4 nitrogen and oxygen atoms in total. The summed E-state index contributed by atoms with van der Waals surface area (Å²) in [5.41, 5.74) is 12.9. The molecule has 0 bridgehead atoms. The van der Waals surface area contributed by atoms with Gasteiger partial charge in [0.2, 0.25) is 0 Å². The Bertz CT molecular complexity index is 2580. The van der Waals surface area contributed by atoms with E-state index in [0.717, 1.165) is 79.4 Å². The summed E-state index contributed by atoms with van der Waals surface area (Å²) in [6.45, 7) is 18.9. The van der Waals surface area contributed by atoms with Crippen LogP contribution in [0.3, 0.4) is 0 Å². The number of alkyl halides is 3. The van der Waals surface area contributed by atoms with Gasteiger partial charge in [-0.3, -0.25) is 0 Å². The first-order chi connectivity index (χ1) is 26.9. The van der Waals surface area contributed by atoms with Gasteiger partial charge in [0, 0.05) is 33.6 Å². The van der Waals surface area contributed by atoms with Gasteiger partial charge in [-0.05, 0) is 83.2 Å². The summed E-state index contributed by atoms with van der Waals surface area (Å²) < 4.78 is 57.3. The fourth-order valence-corrected chi connectivity index (χ4v) is 7.80. The van der Waals surface area contributed by atoms with E-state index in [1.165, 1.54) is 11.1 Å². The Morgan fingerprint density at radius 1 is 0.614 bits per heavy atom. The molecule has 0 N–H and O–H groups in total. The maximum absolute atomic E-state index is 14.1. The van der Waals surface area contributed by atoms with Crippen molar-refractivity contribution in [1.29, 1.82) is 0 Å². The van der Waals surface area contributed by atoms with Gasteiger partial charge in [0.1, 0.15) is 11.5 Å². The van der Waals surface area contributed by atoms with Crippen molar-refractivity contribution in [3.05, 3.63) is 165 Å². The molecule has 57 heavy (non-hydrogen) atoms. The lowest BCUT2D eigenvalue weighted by molar-refractivity contribution is -0.137. The van der Waals surface area contributed by atoms with Crippen LogP contribution in [0.4, 0.5) is 13.2 Å². The van der Waals surface area contributed by atoms with Crippen LogP contribution in [-0.2, 0) is 17.0 Å². The Kier molecular flexibility index (Phi) is 9.18. The fraction of sp³-hybridized carbons (Fsp3) is 0.245. The second kappa shape index (κ2) is 13.7. The van der Waals surface area contributed by atoms with Gasteiger partial charge in [0.25, 0.3) is 0 Å². The summed E-state index contributed by atoms with van der Waals surface area (Å²) in [5, 5.41) is 0. The summed E-state index contributed by atoms with van der Waals surface area (Å²) in [5.74, 6) is 0.335. The van der Waals surface area contributed by atoms with Gasteiger partial charge in [-0.25, -0.2) is 4.99 Å². The Labute approximate surface area is 333 Å². The molecule has 5 aromatic carbocycles. The number of nitrogens with zero attached hydrogens (tertiary/aromatic N) is 2. The average Bonchev–Trinajstić information content (AvgIpc) is 3.88. The van der Waals surface area contributed by atoms with E-state index in [1.54, 1.807) is 6.92 Å². The summed E-state index contributed by atoms with van der Waals surface area (Å²) in [7, 11) is -1.12. The number of aliphatic imine (C=N–C) groups is 1. The summed E-state index contributed by atoms with van der Waals surface area (Å²) in [6.07, 6.45) is -4.55. The van der Waals surface area contributed by atoms with Gasteiger partial charge < -0.3 is 13.8 Å². The van der Waals surface area contributed by atoms with Gasteiger partial charge in [0.05, 0.1) is 17.0 Å². The molecule has 0 atom stereocenters. The third-order valence-corrected chi connectivity index (χ3v) is 11.1.